The van der Waals surface area contributed by atoms with Crippen molar-refractivity contribution in [3.05, 3.63) is 12.4 Å². The van der Waals surface area contributed by atoms with Crippen molar-refractivity contribution in [2.75, 3.05) is 31.6 Å². The van der Waals surface area contributed by atoms with Crippen molar-refractivity contribution >= 4 is 17.5 Å². The van der Waals surface area contributed by atoms with Gasteiger partial charge in [0.15, 0.2) is 0 Å². The van der Waals surface area contributed by atoms with E-state index in [-0.39, 0.29) is 17.7 Å². The van der Waals surface area contributed by atoms with Crippen LogP contribution in [0.3, 0.4) is 0 Å². The van der Waals surface area contributed by atoms with Crippen LogP contribution in [-0.2, 0) is 9.59 Å². The molecule has 2 amide bonds. The lowest BCUT2D eigenvalue weighted by atomic mass is 10.0. The second-order valence-electron chi connectivity index (χ2n) is 5.77. The summed E-state index contributed by atoms with van der Waals surface area (Å²) in [5, 5.41) is 9.80. The van der Waals surface area contributed by atoms with Gasteiger partial charge in [-0.1, -0.05) is 0 Å². The molecule has 2 fully saturated rings. The molecule has 0 spiro atoms. The predicted molar refractivity (Wildman–Crippen MR) is 77.7 cm³/mol. The van der Waals surface area contributed by atoms with E-state index in [4.69, 9.17) is 0 Å². The summed E-state index contributed by atoms with van der Waals surface area (Å²) < 4.78 is 0. The van der Waals surface area contributed by atoms with Gasteiger partial charge in [0.2, 0.25) is 11.8 Å². The van der Waals surface area contributed by atoms with Crippen molar-refractivity contribution in [1.82, 2.24) is 20.4 Å². The minimum atomic E-state index is -0.233. The summed E-state index contributed by atoms with van der Waals surface area (Å²) >= 11 is 0. The first-order chi connectivity index (χ1) is 10.2. The number of anilines is 1. The smallest absolute Gasteiger partial charge is 0.228 e. The Morgan fingerprint density at radius 3 is 3.05 bits per heavy atom. The molecule has 2 atom stereocenters. The predicted octanol–water partition coefficient (Wildman–Crippen LogP) is -0.0270. The summed E-state index contributed by atoms with van der Waals surface area (Å²) in [4.78, 5) is 28.3. The average molecular weight is 291 g/mol. The number of hydrogen-bond donors (Lipinski definition) is 2. The maximum atomic E-state index is 12.6. The molecule has 2 aliphatic heterocycles. The van der Waals surface area contributed by atoms with Gasteiger partial charge in [0.1, 0.15) is 0 Å². The molecule has 21 heavy (non-hydrogen) atoms. The zero-order chi connectivity index (χ0) is 14.8. The molecular weight excluding hydrogens is 270 g/mol. The van der Waals surface area contributed by atoms with Gasteiger partial charge in [-0.15, -0.1) is 0 Å². The van der Waals surface area contributed by atoms with Gasteiger partial charge in [0, 0.05) is 38.3 Å². The molecular formula is C14H21N5O2. The fourth-order valence-corrected chi connectivity index (χ4v) is 3.19. The van der Waals surface area contributed by atoms with Crippen molar-refractivity contribution < 1.29 is 9.59 Å². The molecule has 3 heterocycles. The zero-order valence-corrected chi connectivity index (χ0v) is 12.2. The molecule has 2 unspecified atom stereocenters. The van der Waals surface area contributed by atoms with Crippen LogP contribution >= 0.6 is 0 Å². The fraction of sp³-hybridized carbons (Fsp3) is 0.643. The summed E-state index contributed by atoms with van der Waals surface area (Å²) in [5.41, 5.74) is 0.738. The highest BCUT2D eigenvalue weighted by Gasteiger charge is 2.38. The van der Waals surface area contributed by atoms with E-state index in [0.717, 1.165) is 31.6 Å². The second kappa shape index (κ2) is 5.85. The number of amides is 2. The van der Waals surface area contributed by atoms with E-state index in [1.807, 2.05) is 11.9 Å². The summed E-state index contributed by atoms with van der Waals surface area (Å²) in [6, 6.07) is 0.366. The first-order valence-electron chi connectivity index (χ1n) is 7.44. The summed E-state index contributed by atoms with van der Waals surface area (Å²) in [7, 11) is 1.93. The van der Waals surface area contributed by atoms with E-state index in [0.29, 0.717) is 19.0 Å². The number of H-pyrrole nitrogens is 1. The number of aromatic amines is 1. The van der Waals surface area contributed by atoms with Crippen LogP contribution in [0.2, 0.25) is 0 Å². The van der Waals surface area contributed by atoms with Crippen LogP contribution < -0.4 is 10.2 Å². The Morgan fingerprint density at radius 1 is 1.48 bits per heavy atom. The highest BCUT2D eigenvalue weighted by atomic mass is 16.2. The van der Waals surface area contributed by atoms with Gasteiger partial charge in [0.05, 0.1) is 17.8 Å². The van der Waals surface area contributed by atoms with Crippen LogP contribution in [0.1, 0.15) is 19.3 Å². The molecule has 0 aromatic carbocycles. The Balaban J connectivity index is 1.65. The van der Waals surface area contributed by atoms with Gasteiger partial charge in [-0.25, -0.2) is 0 Å². The number of nitrogens with one attached hydrogen (secondary N) is 2. The molecule has 2 N–H and O–H groups in total. The standard InChI is InChI=1S/C14H21N5O2/c1-15-11-3-2-4-18(9-11)14(21)10-5-13(20)19(8-10)12-6-16-17-7-12/h6-7,10-11,15H,2-5,8-9H2,1H3,(H,16,17). The number of hydrogen-bond acceptors (Lipinski definition) is 4. The highest BCUT2D eigenvalue weighted by Crippen LogP contribution is 2.26. The number of carbonyl (C=O) groups excluding carboxylic acids is 2. The van der Waals surface area contributed by atoms with E-state index in [9.17, 15) is 9.59 Å². The minimum Gasteiger partial charge on any atom is -0.341 e. The van der Waals surface area contributed by atoms with Crippen LogP contribution in [0.25, 0.3) is 0 Å². The van der Waals surface area contributed by atoms with Crippen LogP contribution in [0.5, 0.6) is 0 Å². The molecule has 2 saturated heterocycles. The molecule has 0 saturated carbocycles. The number of carbonyl (C=O) groups is 2. The van der Waals surface area contributed by atoms with Crippen LogP contribution in [0.4, 0.5) is 5.69 Å². The molecule has 114 valence electrons. The third-order valence-electron chi connectivity index (χ3n) is 4.41. The third kappa shape index (κ3) is 2.78. The lowest BCUT2D eigenvalue weighted by molar-refractivity contribution is -0.137. The van der Waals surface area contributed by atoms with E-state index in [2.05, 4.69) is 15.5 Å². The van der Waals surface area contributed by atoms with Crippen molar-refractivity contribution in [2.45, 2.75) is 25.3 Å². The molecule has 0 radical (unpaired) electrons. The maximum absolute atomic E-state index is 12.6. The maximum Gasteiger partial charge on any atom is 0.228 e. The van der Waals surface area contributed by atoms with E-state index in [1.165, 1.54) is 0 Å². The lowest BCUT2D eigenvalue weighted by Crippen LogP contribution is -2.49. The molecule has 1 aromatic heterocycles. The number of piperidine rings is 1. The number of rotatable bonds is 3. The number of likely N-dealkylation sites (N-methyl/N-ethyl adjacent to an activating group) is 1. The summed E-state index contributed by atoms with van der Waals surface area (Å²) in [5.74, 6) is -0.130. The Bertz CT molecular complexity index is 515. The normalized spacial score (nSPS) is 26.4. The number of likely N-dealkylation sites (tertiary alicyclic amines) is 1. The Labute approximate surface area is 123 Å². The second-order valence-corrected chi connectivity index (χ2v) is 5.77. The van der Waals surface area contributed by atoms with E-state index < -0.39 is 0 Å². The molecule has 3 rings (SSSR count). The molecule has 1 aromatic rings. The molecule has 0 bridgehead atoms. The lowest BCUT2D eigenvalue weighted by Gasteiger charge is -2.34. The Morgan fingerprint density at radius 2 is 2.33 bits per heavy atom. The fourth-order valence-electron chi connectivity index (χ4n) is 3.19. The van der Waals surface area contributed by atoms with Crippen LogP contribution in [0.15, 0.2) is 12.4 Å². The third-order valence-corrected chi connectivity index (χ3v) is 4.41. The summed E-state index contributed by atoms with van der Waals surface area (Å²) in [6.45, 7) is 2.00. The van der Waals surface area contributed by atoms with Crippen LogP contribution in [-0.4, -0.2) is 59.6 Å². The first-order valence-corrected chi connectivity index (χ1v) is 7.44. The summed E-state index contributed by atoms with van der Waals surface area (Å²) in [6.07, 6.45) is 5.71. The zero-order valence-electron chi connectivity index (χ0n) is 12.2. The van der Waals surface area contributed by atoms with Gasteiger partial charge < -0.3 is 15.1 Å². The molecule has 2 aliphatic rings. The SMILES string of the molecule is CNC1CCCN(C(=O)C2CC(=O)N(c3cn[nH]c3)C2)C1. The Hall–Kier alpha value is -1.89. The largest absolute Gasteiger partial charge is 0.341 e. The van der Waals surface area contributed by atoms with Gasteiger partial charge in [-0.3, -0.25) is 14.7 Å². The molecule has 7 heteroatoms. The van der Waals surface area contributed by atoms with Gasteiger partial charge >= 0.3 is 0 Å². The monoisotopic (exact) mass is 291 g/mol. The van der Waals surface area contributed by atoms with E-state index >= 15 is 0 Å². The van der Waals surface area contributed by atoms with E-state index in [1.54, 1.807) is 17.3 Å². The minimum absolute atomic E-state index is 0.00285. The number of nitrogens with zero attached hydrogens (tertiary/aromatic N) is 3. The van der Waals surface area contributed by atoms with Crippen molar-refractivity contribution in [3.63, 3.8) is 0 Å². The van der Waals surface area contributed by atoms with Gasteiger partial charge in [-0.05, 0) is 19.9 Å². The quantitative estimate of drug-likeness (QED) is 0.819. The number of aromatic nitrogens is 2. The van der Waals surface area contributed by atoms with Crippen molar-refractivity contribution in [2.24, 2.45) is 5.92 Å². The first kappa shape index (κ1) is 14.1. The Kier molecular flexibility index (Phi) is 3.92. The molecule has 0 aliphatic carbocycles. The molecule has 7 nitrogen and oxygen atoms in total. The van der Waals surface area contributed by atoms with Gasteiger partial charge in [0.25, 0.3) is 0 Å². The highest BCUT2D eigenvalue weighted by molar-refractivity contribution is 6.00. The van der Waals surface area contributed by atoms with Crippen molar-refractivity contribution in [3.8, 4) is 0 Å². The van der Waals surface area contributed by atoms with Crippen LogP contribution in [0, 0.1) is 5.92 Å². The van der Waals surface area contributed by atoms with Gasteiger partial charge in [-0.2, -0.15) is 5.10 Å². The topological polar surface area (TPSA) is 81.3 Å². The van der Waals surface area contributed by atoms with Crippen molar-refractivity contribution in [1.29, 1.82) is 0 Å². The average Bonchev–Trinajstić information content (AvgIpc) is 3.15.